The second-order valence-electron chi connectivity index (χ2n) is 7.21. The largest absolute Gasteiger partial charge is 0.497 e. The third-order valence-electron chi connectivity index (χ3n) is 5.00. The molecule has 0 unspecified atom stereocenters. The van der Waals surface area contributed by atoms with E-state index in [0.717, 1.165) is 16.0 Å². The molecule has 0 aliphatic carbocycles. The van der Waals surface area contributed by atoms with Crippen molar-refractivity contribution < 1.29 is 22.8 Å². The number of sulfonamides is 1. The minimum atomic E-state index is -3.50. The number of methoxy groups -OCH3 is 1. The molecule has 1 amide bonds. The number of rotatable bonds is 7. The highest BCUT2D eigenvalue weighted by atomic mass is 32.2. The van der Waals surface area contributed by atoms with E-state index in [-0.39, 0.29) is 12.5 Å². The van der Waals surface area contributed by atoms with E-state index in [1.54, 1.807) is 37.6 Å². The van der Waals surface area contributed by atoms with Gasteiger partial charge in [-0.15, -0.1) is 0 Å². The van der Waals surface area contributed by atoms with Crippen molar-refractivity contribution in [1.29, 1.82) is 0 Å². The zero-order valence-electron chi connectivity index (χ0n) is 17.2. The molecule has 0 atom stereocenters. The number of hydrogen-bond donors (Lipinski definition) is 2. The van der Waals surface area contributed by atoms with Crippen LogP contribution < -0.4 is 15.1 Å². The van der Waals surface area contributed by atoms with Crippen molar-refractivity contribution in [2.75, 3.05) is 39.8 Å². The molecule has 2 aromatic carbocycles. The summed E-state index contributed by atoms with van der Waals surface area (Å²) in [4.78, 5) is 13.5. The van der Waals surface area contributed by atoms with Gasteiger partial charge >= 0.3 is 0 Å². The number of benzene rings is 2. The second kappa shape index (κ2) is 9.84. The van der Waals surface area contributed by atoms with Crippen molar-refractivity contribution in [1.82, 2.24) is 9.73 Å². The Bertz CT molecular complexity index is 998. The third-order valence-corrected chi connectivity index (χ3v) is 6.91. The maximum atomic E-state index is 12.8. The average molecular weight is 432 g/mol. The van der Waals surface area contributed by atoms with Crippen LogP contribution in [0.3, 0.4) is 0 Å². The first-order valence-electron chi connectivity index (χ1n) is 9.75. The van der Waals surface area contributed by atoms with Gasteiger partial charge in [-0.3, -0.25) is 4.79 Å². The molecule has 2 N–H and O–H groups in total. The highest BCUT2D eigenvalue weighted by Crippen LogP contribution is 2.16. The van der Waals surface area contributed by atoms with E-state index in [0.29, 0.717) is 36.8 Å². The normalized spacial score (nSPS) is 15.9. The number of hydrogen-bond acceptors (Lipinski definition) is 5. The molecule has 0 saturated carbocycles. The van der Waals surface area contributed by atoms with E-state index >= 15 is 0 Å². The Kier molecular flexibility index (Phi) is 7.20. The zero-order valence-corrected chi connectivity index (χ0v) is 18.0. The van der Waals surface area contributed by atoms with Crippen LogP contribution in [0.15, 0.2) is 58.5 Å². The topological polar surface area (TPSA) is 92.5 Å². The summed E-state index contributed by atoms with van der Waals surface area (Å²) in [5, 5.41) is 3.98. The fraction of sp³-hybridized carbons (Fsp3) is 0.333. The highest BCUT2D eigenvalue weighted by Gasteiger charge is 2.31. The number of quaternary nitrogens is 1. The quantitative estimate of drug-likeness (QED) is 0.478. The Hall–Kier alpha value is -2.75. The van der Waals surface area contributed by atoms with Crippen LogP contribution in [-0.4, -0.2) is 64.7 Å². The van der Waals surface area contributed by atoms with E-state index in [1.807, 2.05) is 31.2 Å². The van der Waals surface area contributed by atoms with E-state index in [4.69, 9.17) is 4.74 Å². The molecule has 1 aliphatic rings. The average Bonchev–Trinajstić information content (AvgIpc) is 2.74. The van der Waals surface area contributed by atoms with Crippen molar-refractivity contribution in [2.45, 2.75) is 11.8 Å². The van der Waals surface area contributed by atoms with Gasteiger partial charge in [0.05, 0.1) is 44.4 Å². The lowest BCUT2D eigenvalue weighted by atomic mass is 10.2. The molecular weight excluding hydrogens is 404 g/mol. The molecule has 0 spiro atoms. The summed E-state index contributed by atoms with van der Waals surface area (Å²) in [6.07, 6.45) is 1.56. The van der Waals surface area contributed by atoms with Crippen LogP contribution in [0.4, 0.5) is 0 Å². The van der Waals surface area contributed by atoms with Crippen molar-refractivity contribution in [3.63, 3.8) is 0 Å². The standard InChI is InChI=1S/C21H26N4O4S/c1-17-6-8-20(9-7-17)30(27,28)25-12-10-24(11-13-25)16-21(26)23-22-15-18-4-3-5-19(14-18)29-2/h3-9,14-15H,10-13,16H2,1-2H3,(H,23,26)/p+1/b22-15+. The molecule has 2 aromatic rings. The number of ether oxygens (including phenoxy) is 1. The van der Waals surface area contributed by atoms with Crippen molar-refractivity contribution in [3.05, 3.63) is 59.7 Å². The van der Waals surface area contributed by atoms with Gasteiger partial charge in [0, 0.05) is 0 Å². The van der Waals surface area contributed by atoms with Crippen LogP contribution in [-0.2, 0) is 14.8 Å². The molecule has 9 heteroatoms. The Balaban J connectivity index is 1.47. The molecule has 3 rings (SSSR count). The Morgan fingerprint density at radius 2 is 1.90 bits per heavy atom. The summed E-state index contributed by atoms with van der Waals surface area (Å²) < 4.78 is 32.2. The Labute approximate surface area is 177 Å². The predicted molar refractivity (Wildman–Crippen MR) is 114 cm³/mol. The molecule has 8 nitrogen and oxygen atoms in total. The number of carbonyl (C=O) groups excluding carboxylic acids is 1. The number of piperazine rings is 1. The summed E-state index contributed by atoms with van der Waals surface area (Å²) in [7, 11) is -1.91. The number of aryl methyl sites for hydroxylation is 1. The molecule has 1 saturated heterocycles. The molecular formula is C21H27N4O4S+. The first-order chi connectivity index (χ1) is 14.4. The van der Waals surface area contributed by atoms with Gasteiger partial charge in [-0.05, 0) is 36.8 Å². The number of hydrazone groups is 1. The highest BCUT2D eigenvalue weighted by molar-refractivity contribution is 7.89. The number of carbonyl (C=O) groups is 1. The molecule has 1 aliphatic heterocycles. The summed E-state index contributed by atoms with van der Waals surface area (Å²) in [5.41, 5.74) is 4.36. The van der Waals surface area contributed by atoms with Gasteiger partial charge in [0.1, 0.15) is 5.75 Å². The molecule has 30 heavy (non-hydrogen) atoms. The molecule has 160 valence electrons. The van der Waals surface area contributed by atoms with E-state index in [2.05, 4.69) is 10.5 Å². The Morgan fingerprint density at radius 3 is 2.57 bits per heavy atom. The lowest BCUT2D eigenvalue weighted by Crippen LogP contribution is -3.15. The van der Waals surface area contributed by atoms with Crippen LogP contribution in [0.25, 0.3) is 0 Å². The molecule has 1 heterocycles. The number of nitrogens with one attached hydrogen (secondary N) is 2. The van der Waals surface area contributed by atoms with Crippen molar-refractivity contribution in [3.8, 4) is 5.75 Å². The monoisotopic (exact) mass is 431 g/mol. The van der Waals surface area contributed by atoms with E-state index < -0.39 is 10.0 Å². The first-order valence-corrected chi connectivity index (χ1v) is 11.2. The summed E-state index contributed by atoms with van der Waals surface area (Å²) >= 11 is 0. The van der Waals surface area contributed by atoms with Gasteiger partial charge < -0.3 is 9.64 Å². The summed E-state index contributed by atoms with van der Waals surface area (Å²) in [6, 6.07) is 14.2. The maximum absolute atomic E-state index is 12.8. The van der Waals surface area contributed by atoms with E-state index in [9.17, 15) is 13.2 Å². The summed E-state index contributed by atoms with van der Waals surface area (Å²) in [6.45, 7) is 4.06. The first kappa shape index (κ1) is 21.9. The van der Waals surface area contributed by atoms with Gasteiger partial charge in [0.2, 0.25) is 10.0 Å². The predicted octanol–water partition coefficient (Wildman–Crippen LogP) is 0.0431. The molecule has 0 bridgehead atoms. The van der Waals surface area contributed by atoms with Gasteiger partial charge in [0.25, 0.3) is 5.91 Å². The van der Waals surface area contributed by atoms with Crippen molar-refractivity contribution in [2.24, 2.45) is 5.10 Å². The Morgan fingerprint density at radius 1 is 1.20 bits per heavy atom. The maximum Gasteiger partial charge on any atom is 0.295 e. The smallest absolute Gasteiger partial charge is 0.295 e. The minimum absolute atomic E-state index is 0.209. The van der Waals surface area contributed by atoms with Crippen molar-refractivity contribution >= 4 is 22.1 Å². The number of nitrogens with zero attached hydrogens (tertiary/aromatic N) is 2. The van der Waals surface area contributed by atoms with Crippen LogP contribution in [0.1, 0.15) is 11.1 Å². The van der Waals surface area contributed by atoms with Gasteiger partial charge in [-0.25, -0.2) is 13.8 Å². The van der Waals surface area contributed by atoms with Crippen LogP contribution in [0.2, 0.25) is 0 Å². The van der Waals surface area contributed by atoms with Gasteiger partial charge in [-0.1, -0.05) is 29.8 Å². The molecule has 1 fully saturated rings. The SMILES string of the molecule is COc1cccc(/C=N/NC(=O)C[NH+]2CCN(S(=O)(=O)c3ccc(C)cc3)CC2)c1. The number of amides is 1. The summed E-state index contributed by atoms with van der Waals surface area (Å²) in [5.74, 6) is 0.507. The lowest BCUT2D eigenvalue weighted by molar-refractivity contribution is -0.895. The van der Waals surface area contributed by atoms with Gasteiger partial charge in [0.15, 0.2) is 6.54 Å². The fourth-order valence-corrected chi connectivity index (χ4v) is 4.69. The van der Waals surface area contributed by atoms with Gasteiger partial charge in [-0.2, -0.15) is 9.41 Å². The van der Waals surface area contributed by atoms with E-state index in [1.165, 1.54) is 4.31 Å². The molecule has 0 aromatic heterocycles. The van der Waals surface area contributed by atoms with Crippen LogP contribution in [0.5, 0.6) is 5.75 Å². The minimum Gasteiger partial charge on any atom is -0.497 e. The second-order valence-corrected chi connectivity index (χ2v) is 9.15. The zero-order chi connectivity index (χ0) is 21.6. The van der Waals surface area contributed by atoms with Crippen LogP contribution in [0, 0.1) is 6.92 Å². The lowest BCUT2D eigenvalue weighted by Gasteiger charge is -2.31. The fourth-order valence-electron chi connectivity index (χ4n) is 3.25. The molecule has 0 radical (unpaired) electrons. The third kappa shape index (κ3) is 5.65. The van der Waals surface area contributed by atoms with Crippen LogP contribution >= 0.6 is 0 Å².